The van der Waals surface area contributed by atoms with Gasteiger partial charge in [-0.05, 0) is 12.5 Å². The first-order chi connectivity index (χ1) is 4.66. The minimum absolute atomic E-state index is 0. The van der Waals surface area contributed by atoms with Gasteiger partial charge in [0.05, 0.1) is 6.54 Å². The highest BCUT2D eigenvalue weighted by Gasteiger charge is 1.97. The van der Waals surface area contributed by atoms with Crippen molar-refractivity contribution in [1.82, 2.24) is 5.32 Å². The van der Waals surface area contributed by atoms with Crippen molar-refractivity contribution in [2.24, 2.45) is 5.92 Å². The second-order valence-electron chi connectivity index (χ2n) is 2.92. The molecule has 0 radical (unpaired) electrons. The maximum atomic E-state index is 10.7. The number of nitrogens with one attached hydrogen (secondary N) is 1. The van der Waals surface area contributed by atoms with Crippen LogP contribution in [0.3, 0.4) is 0 Å². The van der Waals surface area contributed by atoms with Crippen molar-refractivity contribution in [2.45, 2.75) is 27.2 Å². The Hall–Kier alpha value is -0.370. The third kappa shape index (κ3) is 5.76. The molecule has 0 aliphatic carbocycles. The summed E-state index contributed by atoms with van der Waals surface area (Å²) in [5, 5.41) is 3.09. The van der Waals surface area contributed by atoms with E-state index in [9.17, 15) is 4.79 Å². The van der Waals surface area contributed by atoms with E-state index in [4.69, 9.17) is 0 Å². The largest absolute Gasteiger partial charge is 0.310 e. The van der Waals surface area contributed by atoms with Gasteiger partial charge in [-0.1, -0.05) is 20.8 Å². The molecule has 1 N–H and O–H groups in total. The molecule has 0 spiro atoms. The highest BCUT2D eigenvalue weighted by atomic mass is 16.1. The van der Waals surface area contributed by atoms with E-state index in [1.165, 1.54) is 0 Å². The van der Waals surface area contributed by atoms with Crippen LogP contribution in [0.1, 0.15) is 28.6 Å². The maximum absolute atomic E-state index is 10.7. The van der Waals surface area contributed by atoms with Gasteiger partial charge < -0.3 is 5.32 Å². The predicted molar refractivity (Wildman–Crippen MR) is 45.1 cm³/mol. The van der Waals surface area contributed by atoms with Gasteiger partial charge in [0.15, 0.2) is 0 Å². The fourth-order valence-electron chi connectivity index (χ4n) is 0.625. The first kappa shape index (κ1) is 9.63. The summed E-state index contributed by atoms with van der Waals surface area (Å²) < 4.78 is 0. The predicted octanol–water partition coefficient (Wildman–Crippen LogP) is 1.46. The standard InChI is InChI=1S/C8H17NO.H2/c1-4-8(10)6-9-5-7(2)3;/h7,9H,4-6H2,1-3H3;1H. The zero-order valence-electron chi connectivity index (χ0n) is 7.11. The van der Waals surface area contributed by atoms with E-state index in [1.54, 1.807) is 0 Å². The first-order valence-corrected chi connectivity index (χ1v) is 3.89. The number of carbonyl (C=O) groups excluding carboxylic acids is 1. The molecule has 0 aliphatic rings. The summed E-state index contributed by atoms with van der Waals surface area (Å²) in [6.07, 6.45) is 0.644. The molecule has 0 saturated heterocycles. The maximum Gasteiger partial charge on any atom is 0.146 e. The molecule has 0 aromatic carbocycles. The summed E-state index contributed by atoms with van der Waals surface area (Å²) in [6.45, 7) is 7.62. The van der Waals surface area contributed by atoms with E-state index in [0.717, 1.165) is 6.54 Å². The zero-order chi connectivity index (χ0) is 7.98. The van der Waals surface area contributed by atoms with Crippen molar-refractivity contribution in [2.75, 3.05) is 13.1 Å². The van der Waals surface area contributed by atoms with Gasteiger partial charge in [0, 0.05) is 7.85 Å². The average molecular weight is 145 g/mol. The lowest BCUT2D eigenvalue weighted by Crippen LogP contribution is -2.25. The third-order valence-corrected chi connectivity index (χ3v) is 1.27. The van der Waals surface area contributed by atoms with Gasteiger partial charge >= 0.3 is 0 Å². The van der Waals surface area contributed by atoms with Gasteiger partial charge in [0.2, 0.25) is 0 Å². The smallest absolute Gasteiger partial charge is 0.146 e. The molecular formula is C8H19NO. The first-order valence-electron chi connectivity index (χ1n) is 3.89. The molecule has 10 heavy (non-hydrogen) atoms. The normalized spacial score (nSPS) is 10.4. The van der Waals surface area contributed by atoms with Crippen molar-refractivity contribution in [3.05, 3.63) is 0 Å². The summed E-state index contributed by atoms with van der Waals surface area (Å²) in [7, 11) is 0. The molecule has 0 aromatic heterocycles. The molecule has 0 unspecified atom stereocenters. The lowest BCUT2D eigenvalue weighted by atomic mass is 10.2. The lowest BCUT2D eigenvalue weighted by molar-refractivity contribution is -0.117. The topological polar surface area (TPSA) is 29.1 Å². The second kappa shape index (κ2) is 5.42. The fourth-order valence-corrected chi connectivity index (χ4v) is 0.625. The molecule has 0 aliphatic heterocycles. The monoisotopic (exact) mass is 145 g/mol. The number of hydrogen-bond donors (Lipinski definition) is 1. The summed E-state index contributed by atoms with van der Waals surface area (Å²) in [6, 6.07) is 0. The van der Waals surface area contributed by atoms with Crippen molar-refractivity contribution in [3.63, 3.8) is 0 Å². The van der Waals surface area contributed by atoms with Crippen molar-refractivity contribution in [1.29, 1.82) is 0 Å². The Morgan fingerprint density at radius 3 is 2.60 bits per heavy atom. The minimum atomic E-state index is 0. The number of rotatable bonds is 5. The molecular weight excluding hydrogens is 126 g/mol. The van der Waals surface area contributed by atoms with Crippen LogP contribution >= 0.6 is 0 Å². The van der Waals surface area contributed by atoms with Gasteiger partial charge in [-0.2, -0.15) is 0 Å². The molecule has 0 atom stereocenters. The Balaban J connectivity index is 0. The molecule has 0 saturated carbocycles. The molecule has 0 heterocycles. The van der Waals surface area contributed by atoms with E-state index in [0.29, 0.717) is 24.7 Å². The van der Waals surface area contributed by atoms with Crippen LogP contribution in [0, 0.1) is 5.92 Å². The molecule has 0 fully saturated rings. The lowest BCUT2D eigenvalue weighted by Gasteiger charge is -2.04. The summed E-state index contributed by atoms with van der Waals surface area (Å²) in [5.74, 6) is 0.922. The Morgan fingerprint density at radius 1 is 1.60 bits per heavy atom. The van der Waals surface area contributed by atoms with E-state index < -0.39 is 0 Å². The van der Waals surface area contributed by atoms with Crippen LogP contribution in [0.25, 0.3) is 0 Å². The van der Waals surface area contributed by atoms with Gasteiger partial charge in [-0.25, -0.2) is 0 Å². The zero-order valence-corrected chi connectivity index (χ0v) is 7.11. The third-order valence-electron chi connectivity index (χ3n) is 1.27. The number of Topliss-reactive ketones (excluding diaryl/α,β-unsaturated/α-hetero) is 1. The molecule has 0 rings (SSSR count). The van der Waals surface area contributed by atoms with Crippen molar-refractivity contribution in [3.8, 4) is 0 Å². The van der Waals surface area contributed by atoms with Gasteiger partial charge in [0.1, 0.15) is 5.78 Å². The van der Waals surface area contributed by atoms with Crippen molar-refractivity contribution < 1.29 is 6.22 Å². The molecule has 2 heteroatoms. The molecule has 2 nitrogen and oxygen atoms in total. The number of carbonyl (C=O) groups is 1. The van der Waals surface area contributed by atoms with Crippen LogP contribution in [-0.4, -0.2) is 18.9 Å². The number of ketones is 1. The Morgan fingerprint density at radius 2 is 2.20 bits per heavy atom. The fraction of sp³-hybridized carbons (Fsp3) is 0.875. The average Bonchev–Trinajstić information content (AvgIpc) is 1.87. The Kier molecular flexibility index (Phi) is 5.22. The number of hydrogen-bond acceptors (Lipinski definition) is 2. The van der Waals surface area contributed by atoms with E-state index >= 15 is 0 Å². The molecule has 0 aromatic rings. The van der Waals surface area contributed by atoms with E-state index in [-0.39, 0.29) is 1.43 Å². The summed E-state index contributed by atoms with van der Waals surface area (Å²) >= 11 is 0. The quantitative estimate of drug-likeness (QED) is 0.634. The molecule has 0 amide bonds. The molecule has 62 valence electrons. The van der Waals surface area contributed by atoms with Crippen LogP contribution in [0.15, 0.2) is 0 Å². The summed E-state index contributed by atoms with van der Waals surface area (Å²) in [4.78, 5) is 10.7. The second-order valence-corrected chi connectivity index (χ2v) is 2.92. The van der Waals surface area contributed by atoms with Crippen LogP contribution in [0.2, 0.25) is 0 Å². The highest BCUT2D eigenvalue weighted by molar-refractivity contribution is 5.80. The molecule has 0 bridgehead atoms. The van der Waals surface area contributed by atoms with E-state index in [1.807, 2.05) is 6.92 Å². The highest BCUT2D eigenvalue weighted by Crippen LogP contribution is 1.86. The van der Waals surface area contributed by atoms with Crippen LogP contribution in [0.4, 0.5) is 0 Å². The SMILES string of the molecule is CCC(=O)CNCC(C)C.[HH]. The van der Waals surface area contributed by atoms with Crippen molar-refractivity contribution >= 4 is 5.78 Å². The van der Waals surface area contributed by atoms with Crippen LogP contribution in [0.5, 0.6) is 0 Å². The van der Waals surface area contributed by atoms with Gasteiger partial charge in [-0.3, -0.25) is 4.79 Å². The van der Waals surface area contributed by atoms with Crippen LogP contribution in [-0.2, 0) is 4.79 Å². The Bertz CT molecular complexity index is 104. The van der Waals surface area contributed by atoms with Gasteiger partial charge in [-0.15, -0.1) is 0 Å². The Labute approximate surface area is 64.5 Å². The minimum Gasteiger partial charge on any atom is -0.310 e. The van der Waals surface area contributed by atoms with E-state index in [2.05, 4.69) is 19.2 Å². The van der Waals surface area contributed by atoms with Crippen LogP contribution < -0.4 is 5.32 Å². The summed E-state index contributed by atoms with van der Waals surface area (Å²) in [5.41, 5.74) is 0. The van der Waals surface area contributed by atoms with Gasteiger partial charge in [0.25, 0.3) is 0 Å².